The Bertz CT molecular complexity index is 1340. The number of nitrogens with one attached hydrogen (secondary N) is 1. The third-order valence-electron chi connectivity index (χ3n) is 6.09. The van der Waals surface area contributed by atoms with Crippen molar-refractivity contribution < 1.29 is 9.18 Å². The van der Waals surface area contributed by atoms with E-state index in [4.69, 9.17) is 11.6 Å². The van der Waals surface area contributed by atoms with Gasteiger partial charge in [0.25, 0.3) is 5.91 Å². The predicted molar refractivity (Wildman–Crippen MR) is 148 cm³/mol. The Hall–Kier alpha value is -3.16. The summed E-state index contributed by atoms with van der Waals surface area (Å²) in [4.78, 5) is 12.9. The third-order valence-corrected chi connectivity index (χ3v) is 7.32. The lowest BCUT2D eigenvalue weighted by Crippen LogP contribution is -2.24. The maximum Gasteiger partial charge on any atom is 0.251 e. The second-order valence-electron chi connectivity index (χ2n) is 8.92. The van der Waals surface area contributed by atoms with Crippen molar-refractivity contribution in [2.75, 3.05) is 0 Å². The number of thioether (sulfide) groups is 1. The smallest absolute Gasteiger partial charge is 0.251 e. The van der Waals surface area contributed by atoms with Gasteiger partial charge in [-0.2, -0.15) is 0 Å². The quantitative estimate of drug-likeness (QED) is 0.161. The molecule has 0 aliphatic rings. The Kier molecular flexibility index (Phi) is 9.36. The van der Waals surface area contributed by atoms with E-state index in [9.17, 15) is 9.18 Å². The van der Waals surface area contributed by atoms with E-state index < -0.39 is 0 Å². The average molecular weight is 537 g/mol. The first-order valence-corrected chi connectivity index (χ1v) is 13.8. The van der Waals surface area contributed by atoms with Crippen LogP contribution in [0.25, 0.3) is 5.69 Å². The van der Waals surface area contributed by atoms with E-state index in [0.717, 1.165) is 29.7 Å². The number of hydrogen-bond donors (Lipinski definition) is 1. The summed E-state index contributed by atoms with van der Waals surface area (Å²) in [6, 6.07) is 19.8. The van der Waals surface area contributed by atoms with E-state index in [2.05, 4.69) is 22.4 Å². The largest absolute Gasteiger partial charge is 0.345 e. The van der Waals surface area contributed by atoms with Gasteiger partial charge in [-0.25, -0.2) is 4.39 Å². The third kappa shape index (κ3) is 7.21. The number of rotatable bonds is 11. The van der Waals surface area contributed by atoms with Gasteiger partial charge in [0.2, 0.25) is 0 Å². The molecule has 0 bridgehead atoms. The summed E-state index contributed by atoms with van der Waals surface area (Å²) < 4.78 is 15.2. The van der Waals surface area contributed by atoms with Crippen molar-refractivity contribution >= 4 is 29.3 Å². The summed E-state index contributed by atoms with van der Waals surface area (Å²) in [5.74, 6) is 0.750. The molecule has 5 nitrogen and oxygen atoms in total. The van der Waals surface area contributed by atoms with Gasteiger partial charge in [-0.1, -0.05) is 73.5 Å². The zero-order chi connectivity index (χ0) is 26.2. The van der Waals surface area contributed by atoms with Crippen molar-refractivity contribution in [3.05, 3.63) is 106 Å². The zero-order valence-corrected chi connectivity index (χ0v) is 22.6. The molecule has 1 amide bonds. The highest BCUT2D eigenvalue weighted by molar-refractivity contribution is 7.98. The Morgan fingerprint density at radius 1 is 1.00 bits per heavy atom. The number of benzene rings is 3. The van der Waals surface area contributed by atoms with Crippen molar-refractivity contribution in [1.29, 1.82) is 0 Å². The molecule has 0 saturated carbocycles. The van der Waals surface area contributed by atoms with E-state index in [0.29, 0.717) is 27.3 Å². The molecule has 0 fully saturated rings. The molecular formula is C29H30ClFN4OS. The summed E-state index contributed by atoms with van der Waals surface area (Å²) in [5, 5.41) is 13.0. The fraction of sp³-hybridized carbons (Fsp3) is 0.276. The van der Waals surface area contributed by atoms with Crippen LogP contribution in [0.3, 0.4) is 0 Å². The van der Waals surface area contributed by atoms with Crippen molar-refractivity contribution in [3.63, 3.8) is 0 Å². The Morgan fingerprint density at radius 3 is 2.46 bits per heavy atom. The molecule has 0 atom stereocenters. The molecule has 1 N–H and O–H groups in total. The topological polar surface area (TPSA) is 59.8 Å². The number of carbonyl (C=O) groups excluding carboxylic acids is 1. The molecule has 0 radical (unpaired) electrons. The molecule has 0 unspecified atom stereocenters. The molecule has 0 aliphatic heterocycles. The Morgan fingerprint density at radius 2 is 1.73 bits per heavy atom. The summed E-state index contributed by atoms with van der Waals surface area (Å²) in [6.07, 6.45) is 4.57. The van der Waals surface area contributed by atoms with Crippen LogP contribution in [0.15, 0.2) is 71.9 Å². The van der Waals surface area contributed by atoms with Crippen LogP contribution in [-0.4, -0.2) is 20.7 Å². The van der Waals surface area contributed by atoms with Gasteiger partial charge in [0.05, 0.1) is 12.2 Å². The lowest BCUT2D eigenvalue weighted by Gasteiger charge is -2.14. The first-order chi connectivity index (χ1) is 17.9. The fourth-order valence-corrected chi connectivity index (χ4v) is 5.05. The maximum absolute atomic E-state index is 13.3. The van der Waals surface area contributed by atoms with Crippen LogP contribution in [0.1, 0.15) is 59.1 Å². The molecule has 3 aromatic carbocycles. The molecule has 1 aromatic heterocycles. The molecule has 0 aliphatic carbocycles. The number of aryl methyl sites for hydroxylation is 2. The van der Waals surface area contributed by atoms with Crippen LogP contribution in [0.4, 0.5) is 4.39 Å². The first-order valence-electron chi connectivity index (χ1n) is 12.4. The van der Waals surface area contributed by atoms with Crippen LogP contribution in [0.2, 0.25) is 5.02 Å². The minimum Gasteiger partial charge on any atom is -0.345 e. The van der Waals surface area contributed by atoms with Crippen molar-refractivity contribution in [2.24, 2.45) is 0 Å². The molecular weight excluding hydrogens is 507 g/mol. The number of nitrogens with zero attached hydrogens (tertiary/aromatic N) is 3. The number of hydrogen-bond acceptors (Lipinski definition) is 4. The van der Waals surface area contributed by atoms with Gasteiger partial charge in [0.15, 0.2) is 11.0 Å². The highest BCUT2D eigenvalue weighted by Crippen LogP contribution is 2.28. The monoisotopic (exact) mass is 536 g/mol. The average Bonchev–Trinajstić information content (AvgIpc) is 3.31. The van der Waals surface area contributed by atoms with Crippen molar-refractivity contribution in [1.82, 2.24) is 20.1 Å². The molecule has 37 heavy (non-hydrogen) atoms. The molecule has 4 rings (SSSR count). The second kappa shape index (κ2) is 12.9. The molecule has 0 saturated heterocycles. The predicted octanol–water partition coefficient (Wildman–Crippen LogP) is 7.32. The van der Waals surface area contributed by atoms with Gasteiger partial charge in [-0.15, -0.1) is 10.2 Å². The SMILES string of the molecule is CCCCCc1ccc(C(=O)NCc2nnc(SCc3ccc(F)cc3)n2-c2cc(Cl)ccc2C)cc1. The summed E-state index contributed by atoms with van der Waals surface area (Å²) in [7, 11) is 0. The molecule has 192 valence electrons. The summed E-state index contributed by atoms with van der Waals surface area (Å²) >= 11 is 7.81. The zero-order valence-electron chi connectivity index (χ0n) is 21.0. The number of amides is 1. The summed E-state index contributed by atoms with van der Waals surface area (Å²) in [6.45, 7) is 4.38. The van der Waals surface area contributed by atoms with Crippen LogP contribution >= 0.6 is 23.4 Å². The maximum atomic E-state index is 13.3. The minimum absolute atomic E-state index is 0.169. The van der Waals surface area contributed by atoms with Gasteiger partial charge in [-0.05, 0) is 72.9 Å². The van der Waals surface area contributed by atoms with Crippen LogP contribution in [0.5, 0.6) is 0 Å². The van der Waals surface area contributed by atoms with E-state index in [1.165, 1.54) is 42.3 Å². The molecule has 8 heteroatoms. The number of carbonyl (C=O) groups is 1. The van der Waals surface area contributed by atoms with Gasteiger partial charge in [-0.3, -0.25) is 9.36 Å². The van der Waals surface area contributed by atoms with E-state index in [-0.39, 0.29) is 18.3 Å². The molecule has 0 spiro atoms. The van der Waals surface area contributed by atoms with Crippen LogP contribution in [-0.2, 0) is 18.7 Å². The standard InChI is InChI=1S/C29H30ClFN4OS/c1-3-4-5-6-21-8-12-23(13-9-21)28(36)32-18-27-33-34-29(37-19-22-10-15-25(31)16-11-22)35(27)26-17-24(30)14-7-20(26)2/h7-17H,3-6,18-19H2,1-2H3,(H,32,36). The first kappa shape index (κ1) is 26.9. The summed E-state index contributed by atoms with van der Waals surface area (Å²) in [5.41, 5.74) is 4.66. The lowest BCUT2D eigenvalue weighted by molar-refractivity contribution is 0.0949. The number of unbranched alkanes of at least 4 members (excludes halogenated alkanes) is 2. The lowest BCUT2D eigenvalue weighted by atomic mass is 10.1. The van der Waals surface area contributed by atoms with Crippen LogP contribution in [0, 0.1) is 12.7 Å². The van der Waals surface area contributed by atoms with Crippen LogP contribution < -0.4 is 5.32 Å². The van der Waals surface area contributed by atoms with E-state index in [1.807, 2.05) is 54.0 Å². The Labute approximate surface area is 226 Å². The van der Waals surface area contributed by atoms with Crippen molar-refractivity contribution in [3.8, 4) is 5.69 Å². The minimum atomic E-state index is -0.268. The number of aromatic nitrogens is 3. The highest BCUT2D eigenvalue weighted by atomic mass is 35.5. The van der Waals surface area contributed by atoms with Gasteiger partial charge in [0.1, 0.15) is 5.82 Å². The van der Waals surface area contributed by atoms with Gasteiger partial charge in [0, 0.05) is 16.3 Å². The van der Waals surface area contributed by atoms with Gasteiger partial charge >= 0.3 is 0 Å². The Balaban J connectivity index is 1.51. The van der Waals surface area contributed by atoms with Gasteiger partial charge < -0.3 is 5.32 Å². The fourth-order valence-electron chi connectivity index (χ4n) is 3.97. The second-order valence-corrected chi connectivity index (χ2v) is 10.3. The normalized spacial score (nSPS) is 11.0. The van der Waals surface area contributed by atoms with Crippen molar-refractivity contribution in [2.45, 2.75) is 57.0 Å². The van der Waals surface area contributed by atoms with E-state index in [1.54, 1.807) is 12.1 Å². The highest BCUT2D eigenvalue weighted by Gasteiger charge is 2.18. The van der Waals surface area contributed by atoms with E-state index >= 15 is 0 Å². The number of halogens is 2. The molecule has 4 aromatic rings. The molecule has 1 heterocycles.